The maximum absolute atomic E-state index is 12.5. The molecule has 1 amide bonds. The first-order valence-corrected chi connectivity index (χ1v) is 9.25. The van der Waals surface area contributed by atoms with Crippen molar-refractivity contribution in [2.45, 2.75) is 0 Å². The molecule has 0 fully saturated rings. The lowest BCUT2D eigenvalue weighted by Crippen LogP contribution is -2.20. The van der Waals surface area contributed by atoms with Crippen molar-refractivity contribution in [2.75, 3.05) is 12.1 Å². The quantitative estimate of drug-likeness (QED) is 0.532. The normalized spacial score (nSPS) is 12.3. The molecule has 0 atom stereocenters. The molecule has 1 aliphatic heterocycles. The maximum atomic E-state index is 12.5. The largest absolute Gasteiger partial charge is 0.454 e. The number of benzene rings is 2. The summed E-state index contributed by atoms with van der Waals surface area (Å²) in [4.78, 5) is 29.1. The van der Waals surface area contributed by atoms with Gasteiger partial charge in [0.1, 0.15) is 11.1 Å². The number of anilines is 1. The third kappa shape index (κ3) is 2.89. The van der Waals surface area contributed by atoms with Crippen molar-refractivity contribution in [3.63, 3.8) is 0 Å². The van der Waals surface area contributed by atoms with E-state index in [-0.39, 0.29) is 12.4 Å². The van der Waals surface area contributed by atoms with E-state index in [9.17, 15) is 9.59 Å². The van der Waals surface area contributed by atoms with Crippen LogP contribution in [0.4, 0.5) is 5.13 Å². The van der Waals surface area contributed by atoms with Crippen LogP contribution in [-0.2, 0) is 0 Å². The highest BCUT2D eigenvalue weighted by molar-refractivity contribution is 7.14. The van der Waals surface area contributed by atoms with E-state index in [4.69, 9.17) is 13.9 Å². The smallest absolute Gasteiger partial charge is 0.349 e. The number of rotatable bonds is 3. The molecule has 28 heavy (non-hydrogen) atoms. The average molecular weight is 392 g/mol. The van der Waals surface area contributed by atoms with Crippen LogP contribution >= 0.6 is 11.3 Å². The molecular weight excluding hydrogens is 380 g/mol. The van der Waals surface area contributed by atoms with Gasteiger partial charge in [-0.1, -0.05) is 18.2 Å². The third-order valence-corrected chi connectivity index (χ3v) is 5.04. The first-order chi connectivity index (χ1) is 13.7. The zero-order valence-electron chi connectivity index (χ0n) is 14.3. The highest BCUT2D eigenvalue weighted by atomic mass is 32.1. The van der Waals surface area contributed by atoms with Crippen LogP contribution in [0.15, 0.2) is 63.1 Å². The fourth-order valence-corrected chi connectivity index (χ4v) is 3.62. The number of aromatic nitrogens is 1. The molecule has 0 bridgehead atoms. The van der Waals surface area contributed by atoms with Gasteiger partial charge in [-0.2, -0.15) is 0 Å². The number of hydrogen-bond acceptors (Lipinski definition) is 7. The number of hydrogen-bond donors (Lipinski definition) is 1. The third-order valence-electron chi connectivity index (χ3n) is 4.28. The number of amides is 1. The van der Waals surface area contributed by atoms with Crippen molar-refractivity contribution in [3.05, 3.63) is 69.9 Å². The van der Waals surface area contributed by atoms with Gasteiger partial charge in [-0.3, -0.25) is 10.1 Å². The summed E-state index contributed by atoms with van der Waals surface area (Å²) in [6.45, 7) is 0.200. The summed E-state index contributed by atoms with van der Waals surface area (Å²) in [7, 11) is 0. The lowest BCUT2D eigenvalue weighted by molar-refractivity contribution is 0.102. The zero-order chi connectivity index (χ0) is 19.1. The Morgan fingerprint density at radius 2 is 1.93 bits per heavy atom. The molecule has 0 radical (unpaired) electrons. The summed E-state index contributed by atoms with van der Waals surface area (Å²) >= 11 is 1.26. The van der Waals surface area contributed by atoms with Crippen molar-refractivity contribution in [1.29, 1.82) is 0 Å². The molecule has 0 aliphatic carbocycles. The predicted octanol–water partition coefficient (Wildman–Crippen LogP) is 3.90. The van der Waals surface area contributed by atoms with Crippen molar-refractivity contribution >= 4 is 33.3 Å². The molecule has 0 unspecified atom stereocenters. The topological polar surface area (TPSA) is 90.7 Å². The Bertz CT molecular complexity index is 1280. The fraction of sp³-hybridized carbons (Fsp3) is 0.0500. The summed E-state index contributed by atoms with van der Waals surface area (Å²) < 4.78 is 15.9. The van der Waals surface area contributed by atoms with E-state index >= 15 is 0 Å². The second kappa shape index (κ2) is 6.50. The summed E-state index contributed by atoms with van der Waals surface area (Å²) in [5.74, 6) is 0.784. The molecule has 3 heterocycles. The average Bonchev–Trinajstić information content (AvgIpc) is 3.36. The summed E-state index contributed by atoms with van der Waals surface area (Å²) in [6.07, 6.45) is 0. The SMILES string of the molecule is O=C(Nc1nc(-c2ccc3c(c2)OCO3)cs1)c1cc2ccccc2oc1=O. The first kappa shape index (κ1) is 16.5. The fourth-order valence-electron chi connectivity index (χ4n) is 2.90. The minimum Gasteiger partial charge on any atom is -0.454 e. The van der Waals surface area contributed by atoms with Gasteiger partial charge in [0.25, 0.3) is 5.91 Å². The highest BCUT2D eigenvalue weighted by Crippen LogP contribution is 2.36. The molecule has 1 aliphatic rings. The number of carbonyl (C=O) groups is 1. The molecule has 0 saturated heterocycles. The number of ether oxygens (including phenoxy) is 2. The molecule has 5 rings (SSSR count). The molecule has 1 N–H and O–H groups in total. The van der Waals surface area contributed by atoms with Crippen LogP contribution in [0.2, 0.25) is 0 Å². The molecule has 7 nitrogen and oxygen atoms in total. The summed E-state index contributed by atoms with van der Waals surface area (Å²) in [6, 6.07) is 14.1. The molecule has 0 spiro atoms. The van der Waals surface area contributed by atoms with Crippen LogP contribution < -0.4 is 20.4 Å². The molecule has 2 aromatic heterocycles. The van der Waals surface area contributed by atoms with Crippen molar-refractivity contribution < 1.29 is 18.7 Å². The Kier molecular flexibility index (Phi) is 3.84. The van der Waals surface area contributed by atoms with E-state index in [0.717, 1.165) is 5.56 Å². The van der Waals surface area contributed by atoms with Crippen molar-refractivity contribution in [1.82, 2.24) is 4.98 Å². The Labute approximate surface area is 162 Å². The van der Waals surface area contributed by atoms with Gasteiger partial charge in [0.15, 0.2) is 16.6 Å². The van der Waals surface area contributed by atoms with Gasteiger partial charge in [0, 0.05) is 16.3 Å². The van der Waals surface area contributed by atoms with Gasteiger partial charge in [0.2, 0.25) is 6.79 Å². The number of para-hydroxylation sites is 1. The zero-order valence-corrected chi connectivity index (χ0v) is 15.1. The van der Waals surface area contributed by atoms with E-state index in [0.29, 0.717) is 33.3 Å². The molecule has 138 valence electrons. The van der Waals surface area contributed by atoms with Gasteiger partial charge in [-0.15, -0.1) is 11.3 Å². The van der Waals surface area contributed by atoms with E-state index < -0.39 is 11.5 Å². The number of nitrogens with zero attached hydrogens (tertiary/aromatic N) is 1. The van der Waals surface area contributed by atoms with Gasteiger partial charge >= 0.3 is 5.63 Å². The second-order valence-corrected chi connectivity index (χ2v) is 6.90. The molecule has 2 aromatic carbocycles. The Hall–Kier alpha value is -3.65. The second-order valence-electron chi connectivity index (χ2n) is 6.05. The monoisotopic (exact) mass is 392 g/mol. The van der Waals surface area contributed by atoms with Crippen LogP contribution in [0, 0.1) is 0 Å². The van der Waals surface area contributed by atoms with Crippen molar-refractivity contribution in [2.24, 2.45) is 0 Å². The van der Waals surface area contributed by atoms with Crippen LogP contribution in [0.1, 0.15) is 10.4 Å². The number of carbonyl (C=O) groups excluding carboxylic acids is 1. The summed E-state index contributed by atoms with van der Waals surface area (Å²) in [5, 5.41) is 5.53. The van der Waals surface area contributed by atoms with Crippen molar-refractivity contribution in [3.8, 4) is 22.8 Å². The number of fused-ring (bicyclic) bond motifs is 2. The van der Waals surface area contributed by atoms with Gasteiger partial charge < -0.3 is 13.9 Å². The number of thiazole rings is 1. The Morgan fingerprint density at radius 1 is 1.07 bits per heavy atom. The Balaban J connectivity index is 1.41. The van der Waals surface area contributed by atoms with Gasteiger partial charge in [-0.25, -0.2) is 9.78 Å². The lowest BCUT2D eigenvalue weighted by atomic mass is 10.1. The van der Waals surface area contributed by atoms with Crippen LogP contribution in [0.5, 0.6) is 11.5 Å². The molecule has 0 saturated carbocycles. The minimum absolute atomic E-state index is 0.0708. The van der Waals surface area contributed by atoms with Crippen LogP contribution in [0.25, 0.3) is 22.2 Å². The lowest BCUT2D eigenvalue weighted by Gasteiger charge is -2.02. The van der Waals surface area contributed by atoms with Crippen LogP contribution in [0.3, 0.4) is 0 Å². The summed E-state index contributed by atoms with van der Waals surface area (Å²) in [5.41, 5.74) is 1.20. The highest BCUT2D eigenvalue weighted by Gasteiger charge is 2.17. The first-order valence-electron chi connectivity index (χ1n) is 8.37. The maximum Gasteiger partial charge on any atom is 0.349 e. The predicted molar refractivity (Wildman–Crippen MR) is 104 cm³/mol. The molecular formula is C20H12N2O5S. The van der Waals surface area contributed by atoms with Gasteiger partial charge in [0.05, 0.1) is 5.69 Å². The van der Waals surface area contributed by atoms with E-state index in [1.54, 1.807) is 18.2 Å². The van der Waals surface area contributed by atoms with E-state index in [2.05, 4.69) is 10.3 Å². The minimum atomic E-state index is -0.691. The molecule has 8 heteroatoms. The standard InChI is InChI=1S/C20H12N2O5S/c23-18(13-7-12-3-1-2-4-15(12)27-19(13)24)22-20-21-14(9-28-20)11-5-6-16-17(8-11)26-10-25-16/h1-9H,10H2,(H,21,22,23). The number of nitrogens with one attached hydrogen (secondary N) is 1. The van der Waals surface area contributed by atoms with Gasteiger partial charge in [-0.05, 0) is 30.3 Å². The van der Waals surface area contributed by atoms with Crippen LogP contribution in [-0.4, -0.2) is 17.7 Å². The Morgan fingerprint density at radius 3 is 2.86 bits per heavy atom. The van der Waals surface area contributed by atoms with E-state index in [1.807, 2.05) is 29.6 Å². The molecule has 4 aromatic rings. The van der Waals surface area contributed by atoms with E-state index in [1.165, 1.54) is 17.4 Å².